The predicted octanol–water partition coefficient (Wildman–Crippen LogP) is 2.85. The number of fused-ring (bicyclic) bond motifs is 1. The lowest BCUT2D eigenvalue weighted by Gasteiger charge is -2.10. The van der Waals surface area contributed by atoms with Crippen LogP contribution in [0.2, 0.25) is 0 Å². The molecule has 0 saturated heterocycles. The summed E-state index contributed by atoms with van der Waals surface area (Å²) in [6, 6.07) is 13.2. The van der Waals surface area contributed by atoms with E-state index in [0.717, 1.165) is 30.4 Å². The number of rotatable bonds is 4. The molecule has 0 fully saturated rings. The first-order valence-corrected chi connectivity index (χ1v) is 7.41. The van der Waals surface area contributed by atoms with E-state index in [0.29, 0.717) is 13.0 Å². The van der Waals surface area contributed by atoms with E-state index in [2.05, 4.69) is 11.4 Å². The van der Waals surface area contributed by atoms with Crippen molar-refractivity contribution in [1.29, 1.82) is 0 Å². The van der Waals surface area contributed by atoms with Gasteiger partial charge in [0.1, 0.15) is 5.75 Å². The Labute approximate surface area is 124 Å². The highest BCUT2D eigenvalue weighted by Gasteiger charge is 2.18. The second-order valence-electron chi connectivity index (χ2n) is 5.43. The first-order valence-electron chi connectivity index (χ1n) is 7.41. The standard InChI is InChI=1S/C18H19NO2/c20-17-10-2-1-5-14(17)11-12-19-18(21)16-9-4-7-13-6-3-8-15(13)16/h1-2,4-5,7,9-10,20H,3,6,8,11-12H2,(H,19,21). The molecule has 0 saturated carbocycles. The number of hydrogen-bond acceptors (Lipinski definition) is 2. The largest absolute Gasteiger partial charge is 0.508 e. The van der Waals surface area contributed by atoms with Crippen LogP contribution >= 0.6 is 0 Å². The molecule has 0 radical (unpaired) electrons. The molecular weight excluding hydrogens is 262 g/mol. The van der Waals surface area contributed by atoms with Gasteiger partial charge >= 0.3 is 0 Å². The van der Waals surface area contributed by atoms with Crippen LogP contribution < -0.4 is 5.32 Å². The van der Waals surface area contributed by atoms with Gasteiger partial charge in [-0.15, -0.1) is 0 Å². The van der Waals surface area contributed by atoms with Crippen LogP contribution in [0.5, 0.6) is 5.75 Å². The molecule has 0 aromatic heterocycles. The molecule has 1 aliphatic rings. The molecule has 2 N–H and O–H groups in total. The highest BCUT2D eigenvalue weighted by atomic mass is 16.3. The van der Waals surface area contributed by atoms with Crippen molar-refractivity contribution in [3.8, 4) is 5.75 Å². The average molecular weight is 281 g/mol. The Balaban J connectivity index is 1.63. The monoisotopic (exact) mass is 281 g/mol. The Kier molecular flexibility index (Phi) is 3.91. The zero-order valence-electron chi connectivity index (χ0n) is 11.9. The van der Waals surface area contributed by atoms with E-state index < -0.39 is 0 Å². The lowest BCUT2D eigenvalue weighted by molar-refractivity contribution is 0.0953. The zero-order valence-corrected chi connectivity index (χ0v) is 11.9. The summed E-state index contributed by atoms with van der Waals surface area (Å²) >= 11 is 0. The van der Waals surface area contributed by atoms with Crippen molar-refractivity contribution in [2.45, 2.75) is 25.7 Å². The summed E-state index contributed by atoms with van der Waals surface area (Å²) in [7, 11) is 0. The fourth-order valence-corrected chi connectivity index (χ4v) is 2.96. The van der Waals surface area contributed by atoms with Crippen LogP contribution in [-0.2, 0) is 19.3 Å². The lowest BCUT2D eigenvalue weighted by Crippen LogP contribution is -2.26. The number of hydrogen-bond donors (Lipinski definition) is 2. The molecule has 0 aliphatic heterocycles. The highest BCUT2D eigenvalue weighted by molar-refractivity contribution is 5.96. The Bertz CT molecular complexity index is 664. The van der Waals surface area contributed by atoms with Crippen LogP contribution in [0.4, 0.5) is 0 Å². The van der Waals surface area contributed by atoms with Crippen molar-refractivity contribution in [3.63, 3.8) is 0 Å². The number of aryl methyl sites for hydroxylation is 1. The number of nitrogens with one attached hydrogen (secondary N) is 1. The second kappa shape index (κ2) is 6.00. The molecule has 0 spiro atoms. The molecule has 0 bridgehead atoms. The summed E-state index contributed by atoms with van der Waals surface area (Å²) in [4.78, 5) is 12.3. The number of phenols is 1. The Morgan fingerprint density at radius 1 is 1.10 bits per heavy atom. The van der Waals surface area contributed by atoms with E-state index in [1.807, 2.05) is 24.3 Å². The highest BCUT2D eigenvalue weighted by Crippen LogP contribution is 2.25. The number of aromatic hydroxyl groups is 1. The Morgan fingerprint density at radius 2 is 1.95 bits per heavy atom. The van der Waals surface area contributed by atoms with Crippen molar-refractivity contribution in [3.05, 3.63) is 64.7 Å². The molecule has 108 valence electrons. The number of amides is 1. The third-order valence-electron chi connectivity index (χ3n) is 4.06. The van der Waals surface area contributed by atoms with Crippen molar-refractivity contribution >= 4 is 5.91 Å². The van der Waals surface area contributed by atoms with Gasteiger partial charge in [0, 0.05) is 12.1 Å². The Morgan fingerprint density at radius 3 is 2.81 bits per heavy atom. The first kappa shape index (κ1) is 13.7. The SMILES string of the molecule is O=C(NCCc1ccccc1O)c1cccc2c1CCC2. The lowest BCUT2D eigenvalue weighted by atomic mass is 10.0. The van der Waals surface area contributed by atoms with E-state index in [1.54, 1.807) is 12.1 Å². The molecule has 3 rings (SSSR count). The molecular formula is C18H19NO2. The fraction of sp³-hybridized carbons (Fsp3) is 0.278. The van der Waals surface area contributed by atoms with Gasteiger partial charge < -0.3 is 10.4 Å². The number of carbonyl (C=O) groups is 1. The third kappa shape index (κ3) is 2.92. The Hall–Kier alpha value is -2.29. The first-order chi connectivity index (χ1) is 10.3. The molecule has 2 aromatic rings. The smallest absolute Gasteiger partial charge is 0.251 e. The number of benzene rings is 2. The minimum absolute atomic E-state index is 0.0100. The quantitative estimate of drug-likeness (QED) is 0.905. The van der Waals surface area contributed by atoms with Crippen molar-refractivity contribution < 1.29 is 9.90 Å². The molecule has 0 heterocycles. The second-order valence-corrected chi connectivity index (χ2v) is 5.43. The summed E-state index contributed by atoms with van der Waals surface area (Å²) in [6.07, 6.45) is 3.84. The van der Waals surface area contributed by atoms with Gasteiger partial charge in [0.2, 0.25) is 0 Å². The normalized spacial score (nSPS) is 13.0. The van der Waals surface area contributed by atoms with Crippen LogP contribution in [0.1, 0.15) is 33.5 Å². The zero-order chi connectivity index (χ0) is 14.7. The molecule has 3 nitrogen and oxygen atoms in total. The topological polar surface area (TPSA) is 49.3 Å². The molecule has 2 aromatic carbocycles. The van der Waals surface area contributed by atoms with Gasteiger partial charge in [-0.2, -0.15) is 0 Å². The van der Waals surface area contributed by atoms with Gasteiger partial charge in [-0.05, 0) is 54.5 Å². The van der Waals surface area contributed by atoms with Gasteiger partial charge in [0.15, 0.2) is 0 Å². The van der Waals surface area contributed by atoms with Crippen LogP contribution in [-0.4, -0.2) is 17.6 Å². The molecule has 0 unspecified atom stereocenters. The molecule has 1 aliphatic carbocycles. The van der Waals surface area contributed by atoms with Gasteiger partial charge in [-0.1, -0.05) is 30.3 Å². The third-order valence-corrected chi connectivity index (χ3v) is 4.06. The summed E-state index contributed by atoms with van der Waals surface area (Å²) in [6.45, 7) is 0.528. The minimum Gasteiger partial charge on any atom is -0.508 e. The molecule has 1 amide bonds. The predicted molar refractivity (Wildman–Crippen MR) is 82.6 cm³/mol. The van der Waals surface area contributed by atoms with Crippen molar-refractivity contribution in [2.75, 3.05) is 6.54 Å². The van der Waals surface area contributed by atoms with Gasteiger partial charge in [-0.25, -0.2) is 0 Å². The maximum absolute atomic E-state index is 12.3. The molecule has 3 heteroatoms. The van der Waals surface area contributed by atoms with Crippen molar-refractivity contribution in [1.82, 2.24) is 5.32 Å². The molecule has 0 atom stereocenters. The van der Waals surface area contributed by atoms with E-state index in [1.165, 1.54) is 11.1 Å². The maximum Gasteiger partial charge on any atom is 0.251 e. The minimum atomic E-state index is -0.0100. The number of para-hydroxylation sites is 1. The molecule has 21 heavy (non-hydrogen) atoms. The van der Waals surface area contributed by atoms with Gasteiger partial charge in [0.05, 0.1) is 0 Å². The van der Waals surface area contributed by atoms with Gasteiger partial charge in [0.25, 0.3) is 5.91 Å². The summed E-state index contributed by atoms with van der Waals surface area (Å²) in [5.41, 5.74) is 4.18. The van der Waals surface area contributed by atoms with Crippen LogP contribution in [0.25, 0.3) is 0 Å². The maximum atomic E-state index is 12.3. The van der Waals surface area contributed by atoms with E-state index in [4.69, 9.17) is 0 Å². The van der Waals surface area contributed by atoms with Crippen LogP contribution in [0, 0.1) is 0 Å². The fourth-order valence-electron chi connectivity index (χ4n) is 2.96. The van der Waals surface area contributed by atoms with E-state index in [-0.39, 0.29) is 11.7 Å². The summed E-state index contributed by atoms with van der Waals surface area (Å²) < 4.78 is 0. The summed E-state index contributed by atoms with van der Waals surface area (Å²) in [5, 5.41) is 12.7. The van der Waals surface area contributed by atoms with Crippen LogP contribution in [0.3, 0.4) is 0 Å². The van der Waals surface area contributed by atoms with E-state index >= 15 is 0 Å². The number of carbonyl (C=O) groups excluding carboxylic acids is 1. The average Bonchev–Trinajstić information content (AvgIpc) is 2.97. The van der Waals surface area contributed by atoms with E-state index in [9.17, 15) is 9.90 Å². The van der Waals surface area contributed by atoms with Crippen LogP contribution in [0.15, 0.2) is 42.5 Å². The van der Waals surface area contributed by atoms with Crippen molar-refractivity contribution in [2.24, 2.45) is 0 Å². The number of phenolic OH excluding ortho intramolecular Hbond substituents is 1. The summed E-state index contributed by atoms with van der Waals surface area (Å²) in [5.74, 6) is 0.275. The van der Waals surface area contributed by atoms with Gasteiger partial charge in [-0.3, -0.25) is 4.79 Å².